The molecular weight excluding hydrogens is 74.1 g/mol. The van der Waals surface area contributed by atoms with Crippen molar-refractivity contribution in [2.45, 2.75) is 13.3 Å². The first-order valence-corrected chi connectivity index (χ1v) is 2.01. The summed E-state index contributed by atoms with van der Waals surface area (Å²) in [6.45, 7) is 5.47. The smallest absolute Gasteiger partial charge is 0.00371 e. The van der Waals surface area contributed by atoms with Crippen molar-refractivity contribution >= 4 is 0 Å². The van der Waals surface area contributed by atoms with Gasteiger partial charge in [0.2, 0.25) is 0 Å². The van der Waals surface area contributed by atoms with Crippen LogP contribution < -0.4 is 5.73 Å². The summed E-state index contributed by atoms with van der Waals surface area (Å²) in [6, 6.07) is 0. The summed E-state index contributed by atoms with van der Waals surface area (Å²) < 4.78 is 0. The molecule has 0 aromatic carbocycles. The molecule has 35 valence electrons. The average Bonchev–Trinajstić information content (AvgIpc) is 1.65. The van der Waals surface area contributed by atoms with Gasteiger partial charge >= 0.3 is 0 Å². The fraction of sp³-hybridized carbons (Fsp3) is 0.400. The lowest BCUT2D eigenvalue weighted by Gasteiger charge is -1.86. The minimum atomic E-state index is 0.719. The molecule has 6 heavy (non-hydrogen) atoms. The van der Waals surface area contributed by atoms with Gasteiger partial charge in [0, 0.05) is 5.70 Å². The van der Waals surface area contributed by atoms with Crippen molar-refractivity contribution in [2.75, 3.05) is 0 Å². The number of rotatable bonds is 1. The average molecular weight is 84.1 g/mol. The van der Waals surface area contributed by atoms with E-state index in [4.69, 9.17) is 5.73 Å². The van der Waals surface area contributed by atoms with Crippen LogP contribution in [0.5, 0.6) is 0 Å². The van der Waals surface area contributed by atoms with Gasteiger partial charge in [-0.3, -0.25) is 0 Å². The summed E-state index contributed by atoms with van der Waals surface area (Å²) in [7, 11) is 0. The highest BCUT2D eigenvalue weighted by molar-refractivity contribution is 4.93. The van der Waals surface area contributed by atoms with Crippen molar-refractivity contribution in [1.29, 1.82) is 0 Å². The molecule has 0 aromatic heterocycles. The van der Waals surface area contributed by atoms with Crippen LogP contribution in [0.3, 0.4) is 0 Å². The van der Waals surface area contributed by atoms with Crippen LogP contribution in [0, 0.1) is 6.92 Å². The molecule has 0 spiro atoms. The molecule has 0 saturated heterocycles. The fourth-order valence-electron chi connectivity index (χ4n) is 0.144. The topological polar surface area (TPSA) is 26.0 Å². The molecule has 0 amide bonds. The highest BCUT2D eigenvalue weighted by Gasteiger charge is 1.73. The van der Waals surface area contributed by atoms with Crippen molar-refractivity contribution < 1.29 is 0 Å². The Bertz CT molecular complexity index is 55.0. The van der Waals surface area contributed by atoms with Crippen molar-refractivity contribution in [1.82, 2.24) is 0 Å². The zero-order valence-corrected chi connectivity index (χ0v) is 4.07. The molecule has 0 unspecified atom stereocenters. The first-order valence-electron chi connectivity index (χ1n) is 2.01. The zero-order chi connectivity index (χ0) is 4.99. The Balaban J connectivity index is 3.22. The number of hydrogen-bond donors (Lipinski definition) is 1. The molecule has 0 saturated carbocycles. The van der Waals surface area contributed by atoms with Crippen LogP contribution >= 0.6 is 0 Å². The van der Waals surface area contributed by atoms with Crippen LogP contribution in [0.4, 0.5) is 0 Å². The maximum absolute atomic E-state index is 5.27. The Morgan fingerprint density at radius 1 is 2.00 bits per heavy atom. The lowest BCUT2D eigenvalue weighted by molar-refractivity contribution is 1.15. The number of hydrogen-bond acceptors (Lipinski definition) is 1. The van der Waals surface area contributed by atoms with Crippen LogP contribution in [0.15, 0.2) is 11.8 Å². The molecule has 0 aliphatic carbocycles. The lowest BCUT2D eigenvalue weighted by atomic mass is 10.3. The van der Waals surface area contributed by atoms with E-state index >= 15 is 0 Å². The first kappa shape index (κ1) is 5.54. The van der Waals surface area contributed by atoms with E-state index in [0.29, 0.717) is 0 Å². The predicted octanol–water partition coefficient (Wildman–Crippen LogP) is 1.07. The van der Waals surface area contributed by atoms with E-state index in [0.717, 1.165) is 12.1 Å². The second kappa shape index (κ2) is 2.76. The molecule has 1 radical (unpaired) electrons. The summed E-state index contributed by atoms with van der Waals surface area (Å²) in [6.07, 6.45) is 2.57. The van der Waals surface area contributed by atoms with E-state index in [1.807, 2.05) is 13.0 Å². The third-order valence-corrected chi connectivity index (χ3v) is 0.659. The second-order valence-electron chi connectivity index (χ2n) is 1.11. The van der Waals surface area contributed by atoms with Gasteiger partial charge in [0.05, 0.1) is 0 Å². The van der Waals surface area contributed by atoms with Crippen LogP contribution in [-0.4, -0.2) is 0 Å². The first-order chi connectivity index (χ1) is 2.81. The molecule has 0 heterocycles. The van der Waals surface area contributed by atoms with Gasteiger partial charge in [0.25, 0.3) is 0 Å². The Labute approximate surface area is 38.8 Å². The molecule has 1 nitrogen and oxygen atoms in total. The summed E-state index contributed by atoms with van der Waals surface area (Å²) >= 11 is 0. The van der Waals surface area contributed by atoms with E-state index < -0.39 is 0 Å². The highest BCUT2D eigenvalue weighted by atomic mass is 14.6. The summed E-state index contributed by atoms with van der Waals surface area (Å²) in [5.41, 5.74) is 6.13. The summed E-state index contributed by atoms with van der Waals surface area (Å²) in [5, 5.41) is 0. The van der Waals surface area contributed by atoms with E-state index in [1.165, 1.54) is 0 Å². The Kier molecular flexibility index (Phi) is 2.55. The SMILES string of the molecule is [CH2]CC(N)=CC. The lowest BCUT2D eigenvalue weighted by Crippen LogP contribution is -1.92. The third-order valence-electron chi connectivity index (χ3n) is 0.659. The van der Waals surface area contributed by atoms with Gasteiger partial charge in [-0.2, -0.15) is 0 Å². The van der Waals surface area contributed by atoms with E-state index in [9.17, 15) is 0 Å². The van der Waals surface area contributed by atoms with Crippen molar-refractivity contribution in [3.63, 3.8) is 0 Å². The Morgan fingerprint density at radius 2 is 2.50 bits per heavy atom. The maximum atomic E-state index is 5.27. The van der Waals surface area contributed by atoms with Gasteiger partial charge in [-0.1, -0.05) is 6.08 Å². The van der Waals surface area contributed by atoms with E-state index in [1.54, 1.807) is 0 Å². The van der Waals surface area contributed by atoms with E-state index in [-0.39, 0.29) is 0 Å². The summed E-state index contributed by atoms with van der Waals surface area (Å²) in [4.78, 5) is 0. The van der Waals surface area contributed by atoms with Crippen molar-refractivity contribution in [3.05, 3.63) is 18.7 Å². The minimum absolute atomic E-state index is 0.719. The second-order valence-corrected chi connectivity index (χ2v) is 1.11. The fourth-order valence-corrected chi connectivity index (χ4v) is 0.144. The van der Waals surface area contributed by atoms with Gasteiger partial charge in [0.15, 0.2) is 0 Å². The van der Waals surface area contributed by atoms with Crippen LogP contribution in [0.1, 0.15) is 13.3 Å². The molecule has 1 heteroatoms. The number of nitrogens with two attached hydrogens (primary N) is 1. The normalized spacial score (nSPS) is 12.0. The quantitative estimate of drug-likeness (QED) is 0.505. The van der Waals surface area contributed by atoms with E-state index in [2.05, 4.69) is 6.92 Å². The molecule has 0 aliphatic rings. The van der Waals surface area contributed by atoms with Crippen LogP contribution in [0.2, 0.25) is 0 Å². The van der Waals surface area contributed by atoms with Crippen molar-refractivity contribution in [2.24, 2.45) is 5.73 Å². The monoisotopic (exact) mass is 84.1 g/mol. The standard InChI is InChI=1S/C5H10N/c1-3-5(6)4-2/h4H,1,3,6H2,2H3. The molecule has 2 N–H and O–H groups in total. The third kappa shape index (κ3) is 1.82. The highest BCUT2D eigenvalue weighted by Crippen LogP contribution is 1.85. The van der Waals surface area contributed by atoms with Crippen LogP contribution in [0.25, 0.3) is 0 Å². The zero-order valence-electron chi connectivity index (χ0n) is 4.07. The van der Waals surface area contributed by atoms with Gasteiger partial charge in [-0.25, -0.2) is 0 Å². The molecular formula is C5H10N. The predicted molar refractivity (Wildman–Crippen MR) is 27.9 cm³/mol. The Morgan fingerprint density at radius 3 is 2.50 bits per heavy atom. The summed E-state index contributed by atoms with van der Waals surface area (Å²) in [5.74, 6) is 0. The van der Waals surface area contributed by atoms with Crippen LogP contribution in [-0.2, 0) is 0 Å². The Hall–Kier alpha value is -0.460. The maximum Gasteiger partial charge on any atom is 0.00371 e. The largest absolute Gasteiger partial charge is 0.402 e. The van der Waals surface area contributed by atoms with Crippen molar-refractivity contribution in [3.8, 4) is 0 Å². The van der Waals surface area contributed by atoms with Gasteiger partial charge in [0.1, 0.15) is 0 Å². The molecule has 0 aliphatic heterocycles. The minimum Gasteiger partial charge on any atom is -0.402 e. The molecule has 0 fully saturated rings. The molecule has 0 bridgehead atoms. The van der Waals surface area contributed by atoms with Gasteiger partial charge in [-0.05, 0) is 20.3 Å². The molecule has 0 rings (SSSR count). The molecule has 0 atom stereocenters. The van der Waals surface area contributed by atoms with Gasteiger partial charge < -0.3 is 5.73 Å². The van der Waals surface area contributed by atoms with Gasteiger partial charge in [-0.15, -0.1) is 0 Å². The molecule has 0 aromatic rings. The number of allylic oxidation sites excluding steroid dienone is 2.